The Bertz CT molecular complexity index is 4730. The van der Waals surface area contributed by atoms with E-state index in [1.807, 2.05) is 0 Å². The van der Waals surface area contributed by atoms with Gasteiger partial charge in [-0.25, -0.2) is 80.2 Å². The van der Waals surface area contributed by atoms with E-state index in [1.54, 1.807) is 0 Å². The number of allylic oxidation sites excluding steroid dienone is 4. The molecule has 24 atom stereocenters. The summed E-state index contributed by atoms with van der Waals surface area (Å²) in [5, 5.41) is 169. The van der Waals surface area contributed by atoms with Crippen LogP contribution in [0.1, 0.15) is 22.3 Å². The maximum atomic E-state index is 18.0. The van der Waals surface area contributed by atoms with E-state index in [9.17, 15) is 81.7 Å². The van der Waals surface area contributed by atoms with Crippen LogP contribution in [0.3, 0.4) is 0 Å². The molecule has 636 valence electrons. The number of benzene rings is 4. The first-order valence-corrected chi connectivity index (χ1v) is 38.1. The molecule has 6 fully saturated rings. The minimum Gasteiger partial charge on any atom is -0.657 e. The molecule has 9 aliphatic heterocycles. The van der Waals surface area contributed by atoms with Crippen molar-refractivity contribution in [3.8, 4) is 0 Å². The minimum absolute atomic E-state index is 0. The summed E-state index contributed by atoms with van der Waals surface area (Å²) < 4.78 is 302. The van der Waals surface area contributed by atoms with Gasteiger partial charge in [-0.2, -0.15) is 0 Å². The second-order valence-corrected chi connectivity index (χ2v) is 32.3. The summed E-state index contributed by atoms with van der Waals surface area (Å²) in [7, 11) is 1.33. The largest absolute Gasteiger partial charge is 2.00 e. The summed E-state index contributed by atoms with van der Waals surface area (Å²) in [5.41, 5.74) is -25.8. The number of hydrogen-bond acceptors (Lipinski definition) is 27. The van der Waals surface area contributed by atoms with Crippen LogP contribution in [0.5, 0.6) is 0 Å². The zero-order chi connectivity index (χ0) is 84.0. The minimum atomic E-state index is -2.49. The monoisotopic (exact) mass is 1840 g/mol. The third kappa shape index (κ3) is 15.0. The molecule has 9 aliphatic rings. The number of aliphatic hydroxyl groups excluding tert-OH is 16. The average molecular weight is 1840 g/mol. The molecule has 5 aromatic rings. The molecule has 4 aromatic carbocycles. The number of aromatic nitrogens is 1. The Hall–Kier alpha value is -5.74. The van der Waals surface area contributed by atoms with E-state index in [0.717, 1.165) is 0 Å². The van der Waals surface area contributed by atoms with Gasteiger partial charge in [-0.05, 0) is 78.6 Å². The first-order chi connectivity index (χ1) is 54.9. The number of ether oxygens (including phenoxy) is 4. The fraction of sp³-hybridized carbons (Fsp3) is 0.437. The quantitative estimate of drug-likeness (QED) is 0.0372. The molecule has 25 nitrogen and oxygen atoms in total. The second kappa shape index (κ2) is 34.5. The first-order valence-electron chi connectivity index (χ1n) is 34.6. The van der Waals surface area contributed by atoms with E-state index in [2.05, 4.69) is 15.0 Å². The van der Waals surface area contributed by atoms with Crippen molar-refractivity contribution in [3.63, 3.8) is 0 Å². The summed E-state index contributed by atoms with van der Waals surface area (Å²) in [6.45, 7) is -5.49. The Kier molecular flexibility index (Phi) is 26.3. The molecule has 0 saturated carbocycles. The number of aliphatic imine (C=N–C) groups is 2. The molecule has 117 heavy (non-hydrogen) atoms. The van der Waals surface area contributed by atoms with Crippen LogP contribution in [-0.2, 0) is 39.4 Å². The van der Waals surface area contributed by atoms with E-state index >= 15 is 70.2 Å². The van der Waals surface area contributed by atoms with E-state index in [0.29, 0.717) is 36.4 Å². The van der Waals surface area contributed by atoms with Crippen LogP contribution < -0.4 is 15.7 Å². The maximum absolute atomic E-state index is 18.0. The molecule has 0 spiro atoms. The Morgan fingerprint density at radius 1 is 0.350 bits per heavy atom. The molecule has 0 amide bonds. The number of halogens is 16. The fourth-order valence-electron chi connectivity index (χ4n) is 15.2. The molecule has 0 radical (unpaired) electrons. The van der Waals surface area contributed by atoms with Crippen LogP contribution >= 0.6 is 47.0 Å². The third-order valence-corrected chi connectivity index (χ3v) is 25.9. The Morgan fingerprint density at radius 3 is 0.829 bits per heavy atom. The average Bonchev–Trinajstić information content (AvgIpc) is 1.67. The fourth-order valence-corrected chi connectivity index (χ4v) is 19.6. The number of hydrogen-bond donors (Lipinski definition) is 16. The number of thioether (sulfide) groups is 4. The van der Waals surface area contributed by atoms with Crippen LogP contribution in [0.4, 0.5) is 70.2 Å². The van der Waals surface area contributed by atoms with Gasteiger partial charge in [0, 0.05) is 0 Å². The molecule has 0 aliphatic carbocycles. The molecule has 6 saturated heterocycles. The van der Waals surface area contributed by atoms with Crippen LogP contribution in [-0.4, -0.2) is 276 Å². The van der Waals surface area contributed by atoms with Crippen LogP contribution in [0.2, 0.25) is 0 Å². The van der Waals surface area contributed by atoms with Crippen LogP contribution in [0.25, 0.3) is 27.6 Å². The van der Waals surface area contributed by atoms with Crippen molar-refractivity contribution in [1.29, 1.82) is 0 Å². The number of nitrogens with zero attached hydrogens (tertiary/aromatic N) is 5. The van der Waals surface area contributed by atoms with Gasteiger partial charge in [0.15, 0.2) is 93.1 Å². The standard InChI is InChI=1S/C71H61F16N5O20S4.Pd/c1-92-8-14-15(9-92)51-29(33-40(78)48(86)67(49(87)41(33)79)116-71-63(108)59(104)55(100)25(13-96)112-71)21-7-5-19(90-21)27(31-36(74)44(82)65(45(83)37(31)75)114-69-61(106)57(102)53(98)23(11-94)110-69)17-3-2-16(88-17)26(30-34(72)42(80)64(43(81)35(30)73)113-68-60(105)56(101)52(97)22(10-93)109-68)18-4-6-20(89-18)28(50(14)91-51)32-38(76)46(84)66(47(85)39(32)77)115-70-62(107)58(103)54(99)24(12-95)111-70;/h2-7,14-15,22-25,50-63,68-71,93-108H,8-13H2,1H3;/q-2;+2/b26-16+,27-17+,28-20-,29-21-;/t14-,15+,22-,23-,24-,25-,50?,51?,52-,53-,54-,55-,56+,57+,58+,59+,60-,61-,62-,63-,68+,69+,70+,71+;/m1./s1. The van der Waals surface area contributed by atoms with E-state index in [1.165, 1.54) is 11.9 Å². The molecule has 16 N–H and O–H groups in total. The summed E-state index contributed by atoms with van der Waals surface area (Å²) in [6, 6.07) is -3.36. The third-order valence-electron chi connectivity index (χ3n) is 21.1. The number of fused-ring (bicyclic) bond motifs is 9. The van der Waals surface area contributed by atoms with Crippen LogP contribution in [0, 0.1) is 105 Å². The molecule has 8 bridgehead atoms. The van der Waals surface area contributed by atoms with Crippen molar-refractivity contribution in [2.45, 2.75) is 151 Å². The molecule has 46 heteroatoms. The predicted octanol–water partition coefficient (Wildman–Crippen LogP) is 0.993. The van der Waals surface area contributed by atoms with Gasteiger partial charge >= 0.3 is 20.4 Å². The van der Waals surface area contributed by atoms with Gasteiger partial charge in [0.25, 0.3) is 0 Å². The van der Waals surface area contributed by atoms with Gasteiger partial charge in [-0.15, -0.1) is 22.8 Å². The number of rotatable bonds is 16. The zero-order valence-corrected chi connectivity index (χ0v) is 63.4. The summed E-state index contributed by atoms with van der Waals surface area (Å²) in [5.74, 6) is -42.1. The topological polar surface area (TPSA) is 417 Å². The van der Waals surface area contributed by atoms with Crippen molar-refractivity contribution < 1.29 is 191 Å². The summed E-state index contributed by atoms with van der Waals surface area (Å²) in [6.07, 6.45) is -31.5. The Morgan fingerprint density at radius 2 is 0.590 bits per heavy atom. The first kappa shape index (κ1) is 89.0. The molecular weight excluding hydrogens is 1780 g/mol. The maximum Gasteiger partial charge on any atom is 2.00 e. The van der Waals surface area contributed by atoms with E-state index in [-0.39, 0.29) is 67.5 Å². The summed E-state index contributed by atoms with van der Waals surface area (Å²) >= 11 is -1.43. The molecule has 14 rings (SSSR count). The van der Waals surface area contributed by atoms with Crippen molar-refractivity contribution >= 4 is 80.8 Å². The smallest absolute Gasteiger partial charge is 0.657 e. The van der Waals surface area contributed by atoms with Gasteiger partial charge in [-0.3, -0.25) is 0 Å². The Labute approximate surface area is 677 Å². The SMILES string of the molecule is CN1C[C@@H]2C3[N-]C(/C(c4c(F)c(F)c(S[C@@H]5O[C@H](CO)[C@@H](O)[C@H](O)[C@H]5O)c(F)c4F)=C4/C=CC(=N4)/C(c4c(F)c(F)c(S[C@@H]5O[C@H](CO)[C@@H](O)[C@H](O)[C@H]5O)c(F)c4F)=c4/cc/c([n-]4)=C(\c4c(F)c(F)c(S[C@@H]5O[C@H](CO)[C@@H](O)[C@H](O)[C@H]5O)c(F)c4F)C4=N/C(=C\3c3c(F)c(F)c(S[C@@H]5O[C@H](CO)[C@@H](O)[C@H](O)[C@H]5O)c(F)c3F)C=C4)[C@@H]2C1.[Pd+2]. The number of likely N-dealkylation sites (tertiary alicyclic amines) is 1. The van der Waals surface area contributed by atoms with Crippen molar-refractivity contribution in [1.82, 2.24) is 9.88 Å². The van der Waals surface area contributed by atoms with Gasteiger partial charge in [0.1, 0.15) is 119 Å². The molecule has 2 unspecified atom stereocenters. The van der Waals surface area contributed by atoms with E-state index < -0.39 is 374 Å². The van der Waals surface area contributed by atoms with Crippen molar-refractivity contribution in [2.24, 2.45) is 21.8 Å². The van der Waals surface area contributed by atoms with Gasteiger partial charge < -0.3 is 116 Å². The van der Waals surface area contributed by atoms with E-state index in [4.69, 9.17) is 24.3 Å². The zero-order valence-electron chi connectivity index (χ0n) is 58.6. The second-order valence-electron chi connectivity index (χ2n) is 27.9. The van der Waals surface area contributed by atoms with Gasteiger partial charge in [0.05, 0.1) is 91.1 Å². The van der Waals surface area contributed by atoms with Crippen LogP contribution in [0.15, 0.2) is 77.4 Å². The predicted molar refractivity (Wildman–Crippen MR) is 370 cm³/mol. The summed E-state index contributed by atoms with van der Waals surface area (Å²) in [4.78, 5) is 7.48. The van der Waals surface area contributed by atoms with Crippen molar-refractivity contribution in [3.05, 3.63) is 179 Å². The normalized spacial score (nSPS) is 35.4. The molecular formula is C71H61F16N5O20PdS4. The molecule has 1 aromatic heterocycles. The Balaban J connectivity index is 0.0000119. The van der Waals surface area contributed by atoms with Gasteiger partial charge in [0.2, 0.25) is 0 Å². The van der Waals surface area contributed by atoms with Gasteiger partial charge in [-0.1, -0.05) is 59.2 Å². The van der Waals surface area contributed by atoms with Crippen molar-refractivity contribution in [2.75, 3.05) is 46.6 Å². The molecule has 10 heterocycles. The number of aliphatic hydroxyl groups is 16.